The molecule has 0 aliphatic carbocycles. The average molecular weight is 242 g/mol. The van der Waals surface area contributed by atoms with Crippen LogP contribution in [0, 0.1) is 0 Å². The van der Waals surface area contributed by atoms with Gasteiger partial charge in [-0.3, -0.25) is 0 Å². The van der Waals surface area contributed by atoms with Crippen molar-refractivity contribution in [2.24, 2.45) is 0 Å². The van der Waals surface area contributed by atoms with Crippen molar-refractivity contribution >= 4 is 0 Å². The number of hydrogen-bond donors (Lipinski definition) is 8. The van der Waals surface area contributed by atoms with Crippen molar-refractivity contribution < 1.29 is 40.9 Å². The van der Waals surface area contributed by atoms with Gasteiger partial charge in [0.2, 0.25) is 0 Å². The molecule has 0 saturated carbocycles. The summed E-state index contributed by atoms with van der Waals surface area (Å²) < 4.78 is 0. The van der Waals surface area contributed by atoms with Crippen LogP contribution in [0.4, 0.5) is 0 Å². The van der Waals surface area contributed by atoms with Gasteiger partial charge in [0.25, 0.3) is 0 Å². The van der Waals surface area contributed by atoms with Crippen molar-refractivity contribution in [2.45, 2.75) is 36.6 Å². The molecule has 0 unspecified atom stereocenters. The second kappa shape index (κ2) is 7.09. The fourth-order valence-corrected chi connectivity index (χ4v) is 1.08. The molecule has 8 nitrogen and oxygen atoms in total. The van der Waals surface area contributed by atoms with Gasteiger partial charge >= 0.3 is 0 Å². The highest BCUT2D eigenvalue weighted by atomic mass is 16.4. The average Bonchev–Trinajstić information content (AvgIpc) is 2.32. The normalized spacial score (nSPS) is 23.2. The summed E-state index contributed by atoms with van der Waals surface area (Å²) in [4.78, 5) is 0. The molecule has 6 atom stereocenters. The van der Waals surface area contributed by atoms with E-state index in [2.05, 4.69) is 0 Å². The minimum atomic E-state index is -1.97. The fourth-order valence-electron chi connectivity index (χ4n) is 1.08. The van der Waals surface area contributed by atoms with E-state index >= 15 is 0 Å². The number of hydrogen-bond acceptors (Lipinski definition) is 8. The molecule has 0 spiro atoms. The second-order valence-corrected chi connectivity index (χ2v) is 3.46. The van der Waals surface area contributed by atoms with Crippen molar-refractivity contribution in [1.82, 2.24) is 0 Å². The van der Waals surface area contributed by atoms with Crippen molar-refractivity contribution in [3.05, 3.63) is 0 Å². The van der Waals surface area contributed by atoms with Crippen LogP contribution >= 0.6 is 0 Å². The van der Waals surface area contributed by atoms with Crippen LogP contribution in [-0.2, 0) is 0 Å². The fraction of sp³-hybridized carbons (Fsp3) is 1.00. The molecular weight excluding hydrogens is 224 g/mol. The topological polar surface area (TPSA) is 162 Å². The van der Waals surface area contributed by atoms with Gasteiger partial charge in [-0.2, -0.15) is 0 Å². The zero-order chi connectivity index (χ0) is 12.9. The van der Waals surface area contributed by atoms with Crippen LogP contribution in [0.25, 0.3) is 0 Å². The lowest BCUT2D eigenvalue weighted by atomic mass is 9.97. The predicted molar refractivity (Wildman–Crippen MR) is 50.2 cm³/mol. The first-order valence-corrected chi connectivity index (χ1v) is 4.66. The Labute approximate surface area is 91.6 Å². The molecule has 0 fully saturated rings. The summed E-state index contributed by atoms with van der Waals surface area (Å²) in [5, 5.41) is 71.8. The quantitative estimate of drug-likeness (QED) is 0.220. The first kappa shape index (κ1) is 15.7. The Morgan fingerprint density at radius 1 is 0.500 bits per heavy atom. The Hall–Kier alpha value is -0.320. The Balaban J connectivity index is 4.41. The molecular formula is C8H18O8. The molecule has 0 rings (SSSR count). The van der Waals surface area contributed by atoms with E-state index in [0.717, 1.165) is 0 Å². The summed E-state index contributed by atoms with van der Waals surface area (Å²) in [6, 6.07) is 0. The molecule has 0 saturated heterocycles. The maximum absolute atomic E-state index is 9.28. The van der Waals surface area contributed by atoms with Gasteiger partial charge in [0.05, 0.1) is 13.2 Å². The summed E-state index contributed by atoms with van der Waals surface area (Å²) in [7, 11) is 0. The molecule has 0 aliphatic heterocycles. The third kappa shape index (κ3) is 3.92. The van der Waals surface area contributed by atoms with E-state index in [9.17, 15) is 20.4 Å². The molecule has 0 bridgehead atoms. The van der Waals surface area contributed by atoms with E-state index in [0.29, 0.717) is 0 Å². The molecule has 0 radical (unpaired) electrons. The highest BCUT2D eigenvalue weighted by Gasteiger charge is 2.36. The molecule has 0 aromatic heterocycles. The lowest BCUT2D eigenvalue weighted by Gasteiger charge is -2.29. The maximum atomic E-state index is 9.28. The van der Waals surface area contributed by atoms with Gasteiger partial charge in [-0.15, -0.1) is 0 Å². The summed E-state index contributed by atoms with van der Waals surface area (Å²) in [5.41, 5.74) is 0. The molecule has 0 heterocycles. The summed E-state index contributed by atoms with van der Waals surface area (Å²) in [6.07, 6.45) is -11.1. The van der Waals surface area contributed by atoms with Gasteiger partial charge in [-0.1, -0.05) is 0 Å². The Morgan fingerprint density at radius 3 is 0.938 bits per heavy atom. The van der Waals surface area contributed by atoms with E-state index in [4.69, 9.17) is 20.4 Å². The van der Waals surface area contributed by atoms with Crippen molar-refractivity contribution in [3.63, 3.8) is 0 Å². The van der Waals surface area contributed by atoms with Crippen LogP contribution in [0.15, 0.2) is 0 Å². The lowest BCUT2D eigenvalue weighted by Crippen LogP contribution is -2.53. The van der Waals surface area contributed by atoms with E-state index in [1.807, 2.05) is 0 Å². The maximum Gasteiger partial charge on any atom is 0.111 e. The minimum Gasteiger partial charge on any atom is -0.394 e. The van der Waals surface area contributed by atoms with Crippen molar-refractivity contribution in [2.75, 3.05) is 13.2 Å². The monoisotopic (exact) mass is 242 g/mol. The Kier molecular flexibility index (Phi) is 6.95. The first-order chi connectivity index (χ1) is 7.36. The molecule has 8 N–H and O–H groups in total. The lowest BCUT2D eigenvalue weighted by molar-refractivity contribution is -0.161. The van der Waals surface area contributed by atoms with E-state index in [1.165, 1.54) is 0 Å². The second-order valence-electron chi connectivity index (χ2n) is 3.46. The minimum absolute atomic E-state index is 0.844. The zero-order valence-electron chi connectivity index (χ0n) is 8.46. The van der Waals surface area contributed by atoms with E-state index in [-0.39, 0.29) is 0 Å². The standard InChI is InChI=1S/C8H18O8/c9-1-3(11)5(13)7(15)8(16)6(14)4(12)2-10/h3-16H,1-2H2/t3-,4+,5-,6-,7-,8-/m1/s1. The van der Waals surface area contributed by atoms with Gasteiger partial charge in [0.15, 0.2) is 0 Å². The molecule has 0 aromatic rings. The van der Waals surface area contributed by atoms with Crippen LogP contribution in [0.2, 0.25) is 0 Å². The van der Waals surface area contributed by atoms with Crippen LogP contribution in [0.5, 0.6) is 0 Å². The van der Waals surface area contributed by atoms with Gasteiger partial charge in [-0.05, 0) is 0 Å². The van der Waals surface area contributed by atoms with Crippen LogP contribution in [0.1, 0.15) is 0 Å². The first-order valence-electron chi connectivity index (χ1n) is 4.66. The predicted octanol–water partition coefficient (Wildman–Crippen LogP) is -4.86. The third-order valence-corrected chi connectivity index (χ3v) is 2.21. The highest BCUT2D eigenvalue weighted by Crippen LogP contribution is 2.10. The molecule has 8 heteroatoms. The Bertz CT molecular complexity index is 169. The third-order valence-electron chi connectivity index (χ3n) is 2.21. The smallest absolute Gasteiger partial charge is 0.111 e. The van der Waals surface area contributed by atoms with Gasteiger partial charge in [0.1, 0.15) is 36.6 Å². The van der Waals surface area contributed by atoms with Crippen molar-refractivity contribution in [3.8, 4) is 0 Å². The van der Waals surface area contributed by atoms with Crippen LogP contribution in [0.3, 0.4) is 0 Å². The van der Waals surface area contributed by atoms with E-state index < -0.39 is 49.8 Å². The molecule has 0 amide bonds. The van der Waals surface area contributed by atoms with Crippen molar-refractivity contribution in [1.29, 1.82) is 0 Å². The molecule has 16 heavy (non-hydrogen) atoms. The summed E-state index contributed by atoms with van der Waals surface area (Å²) in [6.45, 7) is -1.69. The van der Waals surface area contributed by atoms with Crippen LogP contribution in [-0.4, -0.2) is 90.7 Å². The van der Waals surface area contributed by atoms with Gasteiger partial charge in [0, 0.05) is 0 Å². The SMILES string of the molecule is OC[C@@H](O)[C@@H](O)[C@@H](O)[C@H](O)[C@H](O)[C@@H](O)CO. The Morgan fingerprint density at radius 2 is 0.750 bits per heavy atom. The molecule has 98 valence electrons. The zero-order valence-corrected chi connectivity index (χ0v) is 8.46. The molecule has 0 aromatic carbocycles. The number of aliphatic hydroxyl groups is 8. The number of rotatable bonds is 7. The van der Waals surface area contributed by atoms with Crippen LogP contribution < -0.4 is 0 Å². The van der Waals surface area contributed by atoms with Gasteiger partial charge in [-0.25, -0.2) is 0 Å². The summed E-state index contributed by atoms with van der Waals surface area (Å²) >= 11 is 0. The molecule has 0 aliphatic rings. The van der Waals surface area contributed by atoms with E-state index in [1.54, 1.807) is 0 Å². The number of aliphatic hydroxyl groups excluding tert-OH is 8. The highest BCUT2D eigenvalue weighted by molar-refractivity contribution is 4.87. The summed E-state index contributed by atoms with van der Waals surface area (Å²) in [5.74, 6) is 0. The largest absolute Gasteiger partial charge is 0.394 e. The van der Waals surface area contributed by atoms with Gasteiger partial charge < -0.3 is 40.9 Å².